The van der Waals surface area contributed by atoms with E-state index in [-0.39, 0.29) is 12.4 Å². The van der Waals surface area contributed by atoms with Crippen LogP contribution in [0.5, 0.6) is 5.75 Å². The molecular weight excluding hydrogens is 260 g/mol. The van der Waals surface area contributed by atoms with E-state index in [0.29, 0.717) is 0 Å². The summed E-state index contributed by atoms with van der Waals surface area (Å²) >= 11 is 0. The quantitative estimate of drug-likeness (QED) is 0.790. The van der Waals surface area contributed by atoms with Gasteiger partial charge < -0.3 is 4.74 Å². The molecule has 0 saturated carbocycles. The first-order valence-electron chi connectivity index (χ1n) is 7.48. The lowest BCUT2D eigenvalue weighted by Crippen LogP contribution is -2.12. The largest absolute Gasteiger partial charge is 0.485 e. The second kappa shape index (κ2) is 5.72. The summed E-state index contributed by atoms with van der Waals surface area (Å²) in [7, 11) is 0. The summed E-state index contributed by atoms with van der Waals surface area (Å²) in [4.78, 5) is 12.3. The average Bonchev–Trinajstić information content (AvgIpc) is 2.91. The maximum absolute atomic E-state index is 12.3. The van der Waals surface area contributed by atoms with Crippen LogP contribution in [0.4, 0.5) is 0 Å². The van der Waals surface area contributed by atoms with Crippen LogP contribution in [0.15, 0.2) is 36.4 Å². The van der Waals surface area contributed by atoms with Gasteiger partial charge >= 0.3 is 0 Å². The van der Waals surface area contributed by atoms with Gasteiger partial charge in [-0.2, -0.15) is 0 Å². The van der Waals surface area contributed by atoms with E-state index < -0.39 is 0 Å². The minimum Gasteiger partial charge on any atom is -0.485 e. The molecule has 3 rings (SSSR count). The van der Waals surface area contributed by atoms with Gasteiger partial charge in [-0.15, -0.1) is 0 Å². The Labute approximate surface area is 125 Å². The number of carbonyl (C=O) groups excluding carboxylic acids is 1. The van der Waals surface area contributed by atoms with Crippen LogP contribution in [0.2, 0.25) is 0 Å². The Bertz CT molecular complexity index is 666. The molecule has 21 heavy (non-hydrogen) atoms. The first-order chi connectivity index (χ1) is 10.1. The van der Waals surface area contributed by atoms with Crippen LogP contribution in [0, 0.1) is 13.8 Å². The highest BCUT2D eigenvalue weighted by Crippen LogP contribution is 2.23. The summed E-state index contributed by atoms with van der Waals surface area (Å²) in [5, 5.41) is 0. The van der Waals surface area contributed by atoms with Crippen LogP contribution < -0.4 is 4.74 Å². The fraction of sp³-hybridized carbons (Fsp3) is 0.316. The molecule has 108 valence electrons. The molecule has 0 aromatic heterocycles. The molecule has 2 aromatic carbocycles. The maximum atomic E-state index is 12.3. The number of ketones is 1. The lowest BCUT2D eigenvalue weighted by atomic mass is 10.0. The van der Waals surface area contributed by atoms with Crippen molar-refractivity contribution in [2.24, 2.45) is 0 Å². The molecule has 0 aliphatic heterocycles. The van der Waals surface area contributed by atoms with Crippen LogP contribution >= 0.6 is 0 Å². The normalized spacial score (nSPS) is 13.0. The summed E-state index contributed by atoms with van der Waals surface area (Å²) in [6, 6.07) is 12.1. The van der Waals surface area contributed by atoms with Crippen LogP contribution in [0.1, 0.15) is 39.0 Å². The lowest BCUT2D eigenvalue weighted by molar-refractivity contribution is 0.0921. The fourth-order valence-corrected chi connectivity index (χ4v) is 2.99. The summed E-state index contributed by atoms with van der Waals surface area (Å²) in [6.45, 7) is 4.16. The number of hydrogen-bond donors (Lipinski definition) is 0. The highest BCUT2D eigenvalue weighted by Gasteiger charge is 2.14. The van der Waals surface area contributed by atoms with Gasteiger partial charge in [0.15, 0.2) is 12.4 Å². The molecule has 2 heteroatoms. The van der Waals surface area contributed by atoms with Crippen LogP contribution in [-0.4, -0.2) is 12.4 Å². The highest BCUT2D eigenvalue weighted by atomic mass is 16.5. The number of fused-ring (bicyclic) bond motifs is 1. The molecule has 0 fully saturated rings. The van der Waals surface area contributed by atoms with Crippen molar-refractivity contribution < 1.29 is 9.53 Å². The molecule has 2 aromatic rings. The summed E-state index contributed by atoms with van der Waals surface area (Å²) in [6.07, 6.45) is 3.43. The van der Waals surface area contributed by atoms with E-state index in [2.05, 4.69) is 12.1 Å². The van der Waals surface area contributed by atoms with Gasteiger partial charge in [0.25, 0.3) is 0 Å². The van der Waals surface area contributed by atoms with Gasteiger partial charge in [-0.3, -0.25) is 4.79 Å². The molecule has 1 aliphatic carbocycles. The zero-order valence-electron chi connectivity index (χ0n) is 12.6. The highest BCUT2D eigenvalue weighted by molar-refractivity contribution is 5.97. The van der Waals surface area contributed by atoms with Gasteiger partial charge in [0, 0.05) is 5.56 Å². The number of Topliss-reactive ketones (excluding diaryl/α,β-unsaturated/α-hetero) is 1. The van der Waals surface area contributed by atoms with Gasteiger partial charge in [0.1, 0.15) is 5.75 Å². The number of hydrogen-bond acceptors (Lipinski definition) is 2. The molecule has 0 bridgehead atoms. The molecule has 0 N–H and O–H groups in total. The molecular formula is C19H20O2. The van der Waals surface area contributed by atoms with E-state index >= 15 is 0 Å². The molecule has 0 spiro atoms. The fourth-order valence-electron chi connectivity index (χ4n) is 2.99. The standard InChI is InChI=1S/C19H20O2/c1-13-8-14(2)10-18(9-13)21-12-19(20)17-7-6-15-4-3-5-16(15)11-17/h6-11H,3-5,12H2,1-2H3. The maximum Gasteiger partial charge on any atom is 0.200 e. The summed E-state index contributed by atoms with van der Waals surface area (Å²) < 4.78 is 5.65. The average molecular weight is 280 g/mol. The minimum absolute atomic E-state index is 0.0452. The molecule has 0 heterocycles. The number of aryl methyl sites for hydroxylation is 4. The number of ether oxygens (including phenoxy) is 1. The first-order valence-corrected chi connectivity index (χ1v) is 7.48. The summed E-state index contributed by atoms with van der Waals surface area (Å²) in [5.41, 5.74) is 5.78. The Morgan fingerprint density at radius 1 is 1.00 bits per heavy atom. The van der Waals surface area contributed by atoms with Gasteiger partial charge in [-0.05, 0) is 73.6 Å². The van der Waals surface area contributed by atoms with E-state index in [4.69, 9.17) is 4.74 Å². The molecule has 1 aliphatic rings. The Balaban J connectivity index is 1.69. The Hall–Kier alpha value is -2.09. The third kappa shape index (κ3) is 3.15. The van der Waals surface area contributed by atoms with Crippen LogP contribution in [0.3, 0.4) is 0 Å². The van der Waals surface area contributed by atoms with Crippen molar-refractivity contribution in [2.45, 2.75) is 33.1 Å². The van der Waals surface area contributed by atoms with E-state index in [1.54, 1.807) is 0 Å². The summed E-state index contributed by atoms with van der Waals surface area (Å²) in [5.74, 6) is 0.811. The molecule has 0 atom stereocenters. The minimum atomic E-state index is 0.0452. The molecule has 0 amide bonds. The Morgan fingerprint density at radius 3 is 2.48 bits per heavy atom. The smallest absolute Gasteiger partial charge is 0.200 e. The van der Waals surface area contributed by atoms with Gasteiger partial charge in [-0.25, -0.2) is 0 Å². The SMILES string of the molecule is Cc1cc(C)cc(OCC(=O)c2ccc3c(c2)CCC3)c1. The lowest BCUT2D eigenvalue weighted by Gasteiger charge is -2.08. The van der Waals surface area contributed by atoms with Gasteiger partial charge in [0.2, 0.25) is 0 Å². The van der Waals surface area contributed by atoms with Crippen molar-refractivity contribution in [1.82, 2.24) is 0 Å². The molecule has 0 saturated heterocycles. The van der Waals surface area contributed by atoms with Crippen molar-refractivity contribution >= 4 is 5.78 Å². The predicted molar refractivity (Wildman–Crippen MR) is 84.2 cm³/mol. The van der Waals surface area contributed by atoms with Gasteiger partial charge in [-0.1, -0.05) is 18.2 Å². The molecule has 0 unspecified atom stereocenters. The van der Waals surface area contributed by atoms with Crippen molar-refractivity contribution in [3.63, 3.8) is 0 Å². The monoisotopic (exact) mass is 280 g/mol. The van der Waals surface area contributed by atoms with Crippen LogP contribution in [0.25, 0.3) is 0 Å². The van der Waals surface area contributed by atoms with Crippen molar-refractivity contribution in [2.75, 3.05) is 6.61 Å². The number of benzene rings is 2. The second-order valence-corrected chi connectivity index (χ2v) is 5.87. The van der Waals surface area contributed by atoms with Crippen LogP contribution in [-0.2, 0) is 12.8 Å². The zero-order valence-corrected chi connectivity index (χ0v) is 12.6. The third-order valence-corrected chi connectivity index (χ3v) is 3.99. The molecule has 2 nitrogen and oxygen atoms in total. The van der Waals surface area contributed by atoms with Gasteiger partial charge in [0.05, 0.1) is 0 Å². The second-order valence-electron chi connectivity index (χ2n) is 5.87. The van der Waals surface area contributed by atoms with E-state index in [1.807, 2.05) is 38.1 Å². The Morgan fingerprint density at radius 2 is 1.71 bits per heavy atom. The van der Waals surface area contributed by atoms with E-state index in [0.717, 1.165) is 35.3 Å². The van der Waals surface area contributed by atoms with E-state index in [9.17, 15) is 4.79 Å². The third-order valence-electron chi connectivity index (χ3n) is 3.99. The van der Waals surface area contributed by atoms with Crippen molar-refractivity contribution in [1.29, 1.82) is 0 Å². The predicted octanol–water partition coefficient (Wildman–Crippen LogP) is 4.05. The number of carbonyl (C=O) groups is 1. The zero-order chi connectivity index (χ0) is 14.8. The van der Waals surface area contributed by atoms with Crippen molar-refractivity contribution in [3.8, 4) is 5.75 Å². The Kier molecular flexibility index (Phi) is 3.78. The van der Waals surface area contributed by atoms with Crippen molar-refractivity contribution in [3.05, 3.63) is 64.2 Å². The number of rotatable bonds is 4. The first kappa shape index (κ1) is 13.9. The van der Waals surface area contributed by atoms with E-state index in [1.165, 1.54) is 17.5 Å². The topological polar surface area (TPSA) is 26.3 Å². The molecule has 0 radical (unpaired) electrons.